The number of hydrogen-bond acceptors (Lipinski definition) is 6. The Morgan fingerprint density at radius 2 is 2.10 bits per heavy atom. The zero-order chi connectivity index (χ0) is 14.5. The second-order valence-electron chi connectivity index (χ2n) is 4.16. The number of methoxy groups -OCH3 is 1. The lowest BCUT2D eigenvalue weighted by atomic mass is 10.3. The van der Waals surface area contributed by atoms with Crippen LogP contribution in [0.3, 0.4) is 0 Å². The molecule has 0 spiro atoms. The Morgan fingerprint density at radius 3 is 2.70 bits per heavy atom. The number of aromatic nitrogens is 3. The second kappa shape index (κ2) is 5.96. The number of pyridine rings is 1. The number of ether oxygens (including phenoxy) is 1. The maximum atomic E-state index is 12.1. The van der Waals surface area contributed by atoms with Gasteiger partial charge in [-0.1, -0.05) is 6.07 Å². The molecule has 0 fully saturated rings. The van der Waals surface area contributed by atoms with Crippen molar-refractivity contribution in [1.82, 2.24) is 15.0 Å². The van der Waals surface area contributed by atoms with E-state index in [4.69, 9.17) is 4.74 Å². The molecule has 2 aromatic rings. The number of rotatable bonds is 4. The normalized spacial score (nSPS) is 9.95. The van der Waals surface area contributed by atoms with E-state index in [-0.39, 0.29) is 11.9 Å². The summed E-state index contributed by atoms with van der Waals surface area (Å²) in [6, 6.07) is 5.37. The minimum Gasteiger partial charge on any atom is -0.467 e. The average molecular weight is 273 g/mol. The molecule has 20 heavy (non-hydrogen) atoms. The highest BCUT2D eigenvalue weighted by Gasteiger charge is 2.14. The minimum atomic E-state index is -0.317. The van der Waals surface area contributed by atoms with Gasteiger partial charge in [0, 0.05) is 20.3 Å². The van der Waals surface area contributed by atoms with Crippen LogP contribution in [0, 0.1) is 0 Å². The van der Waals surface area contributed by atoms with Gasteiger partial charge >= 0.3 is 6.01 Å². The molecule has 0 aromatic carbocycles. The fourth-order valence-corrected chi connectivity index (χ4v) is 1.57. The quantitative estimate of drug-likeness (QED) is 0.901. The highest BCUT2D eigenvalue weighted by Crippen LogP contribution is 2.23. The average Bonchev–Trinajstić information content (AvgIpc) is 2.48. The smallest absolute Gasteiger partial charge is 0.318 e. The summed E-state index contributed by atoms with van der Waals surface area (Å²) in [5, 5.41) is 2.74. The van der Waals surface area contributed by atoms with Crippen LogP contribution in [0.15, 0.2) is 30.6 Å². The number of carbonyl (C=O) groups is 1. The topological polar surface area (TPSA) is 80.2 Å². The maximum absolute atomic E-state index is 12.1. The second-order valence-corrected chi connectivity index (χ2v) is 4.16. The third kappa shape index (κ3) is 3.00. The lowest BCUT2D eigenvalue weighted by molar-refractivity contribution is 0.102. The zero-order valence-electron chi connectivity index (χ0n) is 11.5. The van der Waals surface area contributed by atoms with Gasteiger partial charge in [-0.05, 0) is 12.1 Å². The van der Waals surface area contributed by atoms with Gasteiger partial charge in [0.05, 0.1) is 13.3 Å². The van der Waals surface area contributed by atoms with Crippen LogP contribution >= 0.6 is 0 Å². The molecule has 2 heterocycles. The molecule has 0 unspecified atom stereocenters. The van der Waals surface area contributed by atoms with Gasteiger partial charge in [-0.2, -0.15) is 4.98 Å². The van der Waals surface area contributed by atoms with Crippen molar-refractivity contribution in [3.05, 3.63) is 36.3 Å². The van der Waals surface area contributed by atoms with Crippen molar-refractivity contribution in [2.75, 3.05) is 31.4 Å². The summed E-state index contributed by atoms with van der Waals surface area (Å²) < 4.78 is 4.98. The first-order valence-electron chi connectivity index (χ1n) is 5.92. The molecule has 0 saturated carbocycles. The van der Waals surface area contributed by atoms with Gasteiger partial charge in [-0.3, -0.25) is 9.78 Å². The minimum absolute atomic E-state index is 0.240. The van der Waals surface area contributed by atoms with Gasteiger partial charge in [0.1, 0.15) is 11.4 Å². The summed E-state index contributed by atoms with van der Waals surface area (Å²) >= 11 is 0. The van der Waals surface area contributed by atoms with Crippen LogP contribution in [0.25, 0.3) is 0 Å². The Balaban J connectivity index is 2.27. The Bertz CT molecular complexity index is 601. The number of anilines is 2. The molecule has 0 aliphatic carbocycles. The summed E-state index contributed by atoms with van der Waals surface area (Å²) in [7, 11) is 5.12. The van der Waals surface area contributed by atoms with Crippen molar-refractivity contribution >= 4 is 17.4 Å². The van der Waals surface area contributed by atoms with E-state index in [1.165, 1.54) is 13.3 Å². The number of amides is 1. The van der Waals surface area contributed by atoms with Crippen LogP contribution < -0.4 is 15.0 Å². The fourth-order valence-electron chi connectivity index (χ4n) is 1.57. The first-order chi connectivity index (χ1) is 9.61. The van der Waals surface area contributed by atoms with Crippen molar-refractivity contribution in [3.63, 3.8) is 0 Å². The molecular formula is C13H15N5O2. The Kier molecular flexibility index (Phi) is 4.09. The Labute approximate surface area is 116 Å². The summed E-state index contributed by atoms with van der Waals surface area (Å²) in [5.41, 5.74) is 0.819. The van der Waals surface area contributed by atoms with Gasteiger partial charge in [-0.15, -0.1) is 0 Å². The highest BCUT2D eigenvalue weighted by molar-refractivity contribution is 6.04. The van der Waals surface area contributed by atoms with Gasteiger partial charge in [0.15, 0.2) is 5.82 Å². The summed E-state index contributed by atoms with van der Waals surface area (Å²) in [6.07, 6.45) is 3.06. The number of hydrogen-bond donors (Lipinski definition) is 1. The third-order valence-corrected chi connectivity index (χ3v) is 2.50. The van der Waals surface area contributed by atoms with Crippen molar-refractivity contribution in [1.29, 1.82) is 0 Å². The molecule has 2 aromatic heterocycles. The van der Waals surface area contributed by atoms with Crippen LogP contribution in [0.1, 0.15) is 10.5 Å². The van der Waals surface area contributed by atoms with E-state index in [0.29, 0.717) is 17.2 Å². The van der Waals surface area contributed by atoms with E-state index in [1.54, 1.807) is 29.3 Å². The molecule has 0 aliphatic rings. The van der Waals surface area contributed by atoms with E-state index in [2.05, 4.69) is 20.3 Å². The standard InChI is InChI=1S/C13H15N5O2/c1-18(2)11-10(8-15-13(17-11)20-3)16-12(19)9-6-4-5-7-14-9/h4-8H,1-3H3,(H,16,19). The maximum Gasteiger partial charge on any atom is 0.318 e. The van der Waals surface area contributed by atoms with Gasteiger partial charge in [0.25, 0.3) is 5.91 Å². The fraction of sp³-hybridized carbons (Fsp3) is 0.231. The largest absolute Gasteiger partial charge is 0.467 e. The number of carbonyl (C=O) groups excluding carboxylic acids is 1. The van der Waals surface area contributed by atoms with Crippen molar-refractivity contribution in [3.8, 4) is 6.01 Å². The predicted octanol–water partition coefficient (Wildman–Crippen LogP) is 1.20. The SMILES string of the molecule is COc1ncc(NC(=O)c2ccccn2)c(N(C)C)n1. The molecule has 0 atom stereocenters. The predicted molar refractivity (Wildman–Crippen MR) is 75.1 cm³/mol. The van der Waals surface area contributed by atoms with E-state index in [9.17, 15) is 4.79 Å². The van der Waals surface area contributed by atoms with Gasteiger partial charge in [0.2, 0.25) is 0 Å². The van der Waals surface area contributed by atoms with Crippen LogP contribution in [0.5, 0.6) is 6.01 Å². The van der Waals surface area contributed by atoms with Crippen LogP contribution in [-0.4, -0.2) is 42.1 Å². The summed E-state index contributed by atoms with van der Waals surface area (Å²) in [5.74, 6) is 0.239. The van der Waals surface area contributed by atoms with E-state index >= 15 is 0 Å². The molecule has 0 aliphatic heterocycles. The van der Waals surface area contributed by atoms with Crippen LogP contribution in [-0.2, 0) is 0 Å². The summed E-state index contributed by atoms with van der Waals surface area (Å²) in [6.45, 7) is 0. The first kappa shape index (κ1) is 13.7. The Morgan fingerprint density at radius 1 is 1.30 bits per heavy atom. The molecule has 104 valence electrons. The summed E-state index contributed by atoms with van der Waals surface area (Å²) in [4.78, 5) is 26.0. The van der Waals surface area contributed by atoms with Gasteiger partial charge < -0.3 is 15.0 Å². The third-order valence-electron chi connectivity index (χ3n) is 2.50. The first-order valence-corrected chi connectivity index (χ1v) is 5.92. The highest BCUT2D eigenvalue weighted by atomic mass is 16.5. The lowest BCUT2D eigenvalue weighted by Gasteiger charge is -2.16. The monoisotopic (exact) mass is 273 g/mol. The van der Waals surface area contributed by atoms with Crippen LogP contribution in [0.4, 0.5) is 11.5 Å². The molecule has 7 heteroatoms. The molecule has 2 rings (SSSR count). The molecule has 0 bridgehead atoms. The van der Waals surface area contributed by atoms with E-state index < -0.39 is 0 Å². The molecule has 1 amide bonds. The van der Waals surface area contributed by atoms with Crippen molar-refractivity contribution in [2.24, 2.45) is 0 Å². The van der Waals surface area contributed by atoms with Crippen molar-refractivity contribution < 1.29 is 9.53 Å². The Hall–Kier alpha value is -2.70. The molecule has 0 radical (unpaired) electrons. The molecule has 7 nitrogen and oxygen atoms in total. The molecule has 1 N–H and O–H groups in total. The molecular weight excluding hydrogens is 258 g/mol. The van der Waals surface area contributed by atoms with E-state index in [1.807, 2.05) is 14.1 Å². The number of nitrogens with zero attached hydrogens (tertiary/aromatic N) is 4. The van der Waals surface area contributed by atoms with Crippen molar-refractivity contribution in [2.45, 2.75) is 0 Å². The van der Waals surface area contributed by atoms with Crippen LogP contribution in [0.2, 0.25) is 0 Å². The lowest BCUT2D eigenvalue weighted by Crippen LogP contribution is -2.19. The van der Waals surface area contributed by atoms with Gasteiger partial charge in [-0.25, -0.2) is 4.98 Å². The zero-order valence-corrected chi connectivity index (χ0v) is 11.5. The molecule has 0 saturated heterocycles. The van der Waals surface area contributed by atoms with E-state index in [0.717, 1.165) is 0 Å². The number of nitrogens with one attached hydrogen (secondary N) is 1.